The van der Waals surface area contributed by atoms with Crippen molar-refractivity contribution in [2.75, 3.05) is 5.73 Å². The highest BCUT2D eigenvalue weighted by Crippen LogP contribution is 2.03. The summed E-state index contributed by atoms with van der Waals surface area (Å²) in [5, 5.41) is 8.67. The van der Waals surface area contributed by atoms with Gasteiger partial charge in [0.05, 0.1) is 6.20 Å². The van der Waals surface area contributed by atoms with E-state index in [4.69, 9.17) is 11.0 Å². The Kier molecular flexibility index (Phi) is 4.12. The maximum Gasteiger partial charge on any atom is 0.184 e. The normalized spacial score (nSPS) is 8.80. The maximum absolute atomic E-state index is 8.67. The van der Waals surface area contributed by atoms with Gasteiger partial charge in [-0.3, -0.25) is 0 Å². The number of unbranched alkanes of at least 4 members (excludes halogenated alkanes) is 2. The molecule has 0 radical (unpaired) electrons. The van der Waals surface area contributed by atoms with Gasteiger partial charge in [0, 0.05) is 6.42 Å². The smallest absolute Gasteiger partial charge is 0.184 e. The fourth-order valence-electron chi connectivity index (χ4n) is 0.959. The van der Waals surface area contributed by atoms with Gasteiger partial charge in [-0.25, -0.2) is 9.97 Å². The number of anilines is 1. The average Bonchev–Trinajstić information content (AvgIpc) is 2.26. The third-order valence-electron chi connectivity index (χ3n) is 1.78. The van der Waals surface area contributed by atoms with E-state index in [1.54, 1.807) is 0 Å². The number of hydrogen-bond donors (Lipinski definition) is 1. The molecule has 1 heterocycles. The van der Waals surface area contributed by atoms with Gasteiger partial charge in [0.15, 0.2) is 11.5 Å². The SMILES string of the molecule is CCCCC#Cc1cnc(N)c(C#N)n1. The summed E-state index contributed by atoms with van der Waals surface area (Å²) in [6.45, 7) is 2.11. The maximum atomic E-state index is 8.67. The Hall–Kier alpha value is -2.07. The molecule has 0 aliphatic heterocycles. The van der Waals surface area contributed by atoms with Crippen LogP contribution in [0.25, 0.3) is 0 Å². The molecule has 0 aliphatic carbocycles. The van der Waals surface area contributed by atoms with Gasteiger partial charge in [-0.05, 0) is 12.3 Å². The van der Waals surface area contributed by atoms with Crippen molar-refractivity contribution in [1.82, 2.24) is 9.97 Å². The van der Waals surface area contributed by atoms with E-state index >= 15 is 0 Å². The minimum absolute atomic E-state index is 0.136. The van der Waals surface area contributed by atoms with Crippen LogP contribution in [-0.4, -0.2) is 9.97 Å². The van der Waals surface area contributed by atoms with Crippen molar-refractivity contribution >= 4 is 5.82 Å². The van der Waals surface area contributed by atoms with Crippen molar-refractivity contribution in [3.63, 3.8) is 0 Å². The van der Waals surface area contributed by atoms with Crippen molar-refractivity contribution in [2.45, 2.75) is 26.2 Å². The first-order valence-corrected chi connectivity index (χ1v) is 4.79. The molecule has 15 heavy (non-hydrogen) atoms. The molecule has 4 heteroatoms. The molecule has 0 saturated heterocycles. The molecule has 4 nitrogen and oxygen atoms in total. The summed E-state index contributed by atoms with van der Waals surface area (Å²) >= 11 is 0. The topological polar surface area (TPSA) is 75.6 Å². The lowest BCUT2D eigenvalue weighted by atomic mass is 10.2. The first-order chi connectivity index (χ1) is 7.27. The Labute approximate surface area is 89.2 Å². The first kappa shape index (κ1) is 11.0. The van der Waals surface area contributed by atoms with E-state index in [0.717, 1.165) is 19.3 Å². The Balaban J connectivity index is 2.78. The summed E-state index contributed by atoms with van der Waals surface area (Å²) in [6, 6.07) is 1.87. The molecule has 0 aliphatic rings. The van der Waals surface area contributed by atoms with Crippen LogP contribution in [0.5, 0.6) is 0 Å². The second-order valence-corrected chi connectivity index (χ2v) is 3.01. The van der Waals surface area contributed by atoms with Crippen molar-refractivity contribution in [1.29, 1.82) is 5.26 Å². The van der Waals surface area contributed by atoms with Gasteiger partial charge < -0.3 is 5.73 Å². The van der Waals surface area contributed by atoms with Gasteiger partial charge in [0.1, 0.15) is 11.8 Å². The molecule has 0 aromatic carbocycles. The van der Waals surface area contributed by atoms with Crippen LogP contribution in [0.15, 0.2) is 6.20 Å². The van der Waals surface area contributed by atoms with Gasteiger partial charge >= 0.3 is 0 Å². The zero-order valence-corrected chi connectivity index (χ0v) is 8.62. The van der Waals surface area contributed by atoms with E-state index in [9.17, 15) is 0 Å². The third-order valence-corrected chi connectivity index (χ3v) is 1.78. The van der Waals surface area contributed by atoms with E-state index < -0.39 is 0 Å². The van der Waals surface area contributed by atoms with Crippen LogP contribution in [-0.2, 0) is 0 Å². The molecule has 1 aromatic heterocycles. The van der Waals surface area contributed by atoms with Gasteiger partial charge in [-0.15, -0.1) is 0 Å². The van der Waals surface area contributed by atoms with Gasteiger partial charge in [-0.1, -0.05) is 19.3 Å². The van der Waals surface area contributed by atoms with Crippen molar-refractivity contribution in [2.24, 2.45) is 0 Å². The minimum Gasteiger partial charge on any atom is -0.381 e. The Morgan fingerprint density at radius 2 is 2.33 bits per heavy atom. The number of rotatable bonds is 2. The summed E-state index contributed by atoms with van der Waals surface area (Å²) in [4.78, 5) is 7.81. The molecule has 0 unspecified atom stereocenters. The molecule has 2 N–H and O–H groups in total. The summed E-state index contributed by atoms with van der Waals surface area (Å²) in [6.07, 6.45) is 4.51. The lowest BCUT2D eigenvalue weighted by Crippen LogP contribution is -1.99. The minimum atomic E-state index is 0.136. The predicted molar refractivity (Wildman–Crippen MR) is 57.6 cm³/mol. The Morgan fingerprint density at radius 3 is 3.00 bits per heavy atom. The number of nitrogens with zero attached hydrogens (tertiary/aromatic N) is 3. The van der Waals surface area contributed by atoms with E-state index in [2.05, 4.69) is 28.7 Å². The number of hydrogen-bond acceptors (Lipinski definition) is 4. The fraction of sp³-hybridized carbons (Fsp3) is 0.364. The number of aromatic nitrogens is 2. The molecule has 76 valence electrons. The molecule has 0 saturated carbocycles. The average molecular weight is 200 g/mol. The van der Waals surface area contributed by atoms with Gasteiger partial charge in [-0.2, -0.15) is 5.26 Å². The molecule has 1 aromatic rings. The molecule has 0 fully saturated rings. The quantitative estimate of drug-likeness (QED) is 0.579. The summed E-state index contributed by atoms with van der Waals surface area (Å²) in [5.74, 6) is 5.97. The molecule has 1 rings (SSSR count). The largest absolute Gasteiger partial charge is 0.381 e. The van der Waals surface area contributed by atoms with E-state index in [1.807, 2.05) is 6.07 Å². The zero-order valence-electron chi connectivity index (χ0n) is 8.62. The van der Waals surface area contributed by atoms with E-state index in [-0.39, 0.29) is 11.5 Å². The second-order valence-electron chi connectivity index (χ2n) is 3.01. The van der Waals surface area contributed by atoms with Crippen LogP contribution in [0, 0.1) is 23.2 Å². The summed E-state index contributed by atoms with van der Waals surface area (Å²) < 4.78 is 0. The van der Waals surface area contributed by atoms with E-state index in [1.165, 1.54) is 6.20 Å². The highest BCUT2D eigenvalue weighted by molar-refractivity contribution is 5.44. The molecule has 0 spiro atoms. The molecular weight excluding hydrogens is 188 g/mol. The van der Waals surface area contributed by atoms with Crippen molar-refractivity contribution in [3.05, 3.63) is 17.6 Å². The molecule has 0 amide bonds. The zero-order chi connectivity index (χ0) is 11.1. The highest BCUT2D eigenvalue weighted by Gasteiger charge is 2.00. The standard InChI is InChI=1S/C11H12N4/c1-2-3-4-5-6-9-8-14-11(13)10(7-12)15-9/h8H,2-4H2,1H3,(H2,13,14). The Bertz CT molecular complexity index is 434. The van der Waals surface area contributed by atoms with Gasteiger partial charge in [0.2, 0.25) is 0 Å². The molecule has 0 bridgehead atoms. The molecular formula is C11H12N4. The Morgan fingerprint density at radius 1 is 1.53 bits per heavy atom. The third kappa shape index (κ3) is 3.28. The number of nitrogens with two attached hydrogens (primary N) is 1. The highest BCUT2D eigenvalue weighted by atomic mass is 14.9. The monoisotopic (exact) mass is 200 g/mol. The van der Waals surface area contributed by atoms with Crippen molar-refractivity contribution < 1.29 is 0 Å². The lowest BCUT2D eigenvalue weighted by molar-refractivity contribution is 0.828. The van der Waals surface area contributed by atoms with Gasteiger partial charge in [0.25, 0.3) is 0 Å². The predicted octanol–water partition coefficient (Wildman–Crippen LogP) is 1.47. The molecule has 0 atom stereocenters. The van der Waals surface area contributed by atoms with Crippen LogP contribution < -0.4 is 5.73 Å². The number of nitriles is 1. The van der Waals surface area contributed by atoms with Crippen LogP contribution >= 0.6 is 0 Å². The summed E-state index contributed by atoms with van der Waals surface area (Å²) in [5.41, 5.74) is 6.07. The number of nitrogen functional groups attached to an aromatic ring is 1. The van der Waals surface area contributed by atoms with Crippen LogP contribution in [0.3, 0.4) is 0 Å². The van der Waals surface area contributed by atoms with E-state index in [0.29, 0.717) is 5.69 Å². The van der Waals surface area contributed by atoms with Crippen molar-refractivity contribution in [3.8, 4) is 17.9 Å². The van der Waals surface area contributed by atoms with Crippen LogP contribution in [0.1, 0.15) is 37.6 Å². The fourth-order valence-corrected chi connectivity index (χ4v) is 0.959. The lowest BCUT2D eigenvalue weighted by Gasteiger charge is -1.94. The summed E-state index contributed by atoms with van der Waals surface area (Å²) in [7, 11) is 0. The first-order valence-electron chi connectivity index (χ1n) is 4.79. The van der Waals surface area contributed by atoms with Crippen LogP contribution in [0.4, 0.5) is 5.82 Å². The second kappa shape index (κ2) is 5.62. The van der Waals surface area contributed by atoms with Crippen LogP contribution in [0.2, 0.25) is 0 Å².